The number of amides is 2. The highest BCUT2D eigenvalue weighted by Crippen LogP contribution is 2.35. The third-order valence-electron chi connectivity index (χ3n) is 5.89. The second-order valence-corrected chi connectivity index (χ2v) is 8.83. The minimum absolute atomic E-state index is 0.0607. The van der Waals surface area contributed by atoms with Crippen molar-refractivity contribution in [3.63, 3.8) is 0 Å². The fourth-order valence-corrected chi connectivity index (χ4v) is 4.19. The minimum atomic E-state index is -0.773. The van der Waals surface area contributed by atoms with Crippen LogP contribution in [-0.4, -0.2) is 33.3 Å². The Hall–Kier alpha value is -4.76. The summed E-state index contributed by atoms with van der Waals surface area (Å²) < 4.78 is 35.4. The molecule has 2 N–H and O–H groups in total. The number of nitrogens with one attached hydrogen (secondary N) is 2. The number of carbonyl (C=O) groups is 2. The van der Waals surface area contributed by atoms with E-state index in [4.69, 9.17) is 30.5 Å². The number of hydrogen-bond acceptors (Lipinski definition) is 6. The van der Waals surface area contributed by atoms with Gasteiger partial charge in [0.05, 0.1) is 21.3 Å². The van der Waals surface area contributed by atoms with Crippen LogP contribution in [0.15, 0.2) is 84.9 Å². The fourth-order valence-electron chi connectivity index (χ4n) is 3.95. The molecule has 0 fully saturated rings. The third kappa shape index (κ3) is 6.62. The molecule has 4 aromatic rings. The van der Waals surface area contributed by atoms with Gasteiger partial charge in [0, 0.05) is 28.0 Å². The summed E-state index contributed by atoms with van der Waals surface area (Å²) in [5.74, 6) is 0.0492. The van der Waals surface area contributed by atoms with Crippen molar-refractivity contribution in [3.8, 4) is 17.2 Å². The second kappa shape index (κ2) is 12.9. The Morgan fingerprint density at radius 3 is 2.02 bits per heavy atom. The van der Waals surface area contributed by atoms with E-state index in [2.05, 4.69) is 10.6 Å². The van der Waals surface area contributed by atoms with Crippen molar-refractivity contribution in [1.82, 2.24) is 0 Å². The predicted molar refractivity (Wildman–Crippen MR) is 150 cm³/mol. The molecule has 2 amide bonds. The number of methoxy groups -OCH3 is 3. The van der Waals surface area contributed by atoms with Crippen LogP contribution in [0.1, 0.15) is 27.6 Å². The van der Waals surface area contributed by atoms with E-state index in [-0.39, 0.29) is 11.3 Å². The Morgan fingerprint density at radius 1 is 0.775 bits per heavy atom. The summed E-state index contributed by atoms with van der Waals surface area (Å²) in [6, 6.07) is 21.8. The molecule has 0 aliphatic carbocycles. The van der Waals surface area contributed by atoms with E-state index in [1.807, 2.05) is 0 Å². The molecular formula is C30H26ClFN2O6. The molecular weight excluding hydrogens is 539 g/mol. The van der Waals surface area contributed by atoms with Gasteiger partial charge in [0.2, 0.25) is 0 Å². The van der Waals surface area contributed by atoms with E-state index in [0.29, 0.717) is 39.0 Å². The molecule has 0 aliphatic heterocycles. The molecule has 40 heavy (non-hydrogen) atoms. The maximum absolute atomic E-state index is 13.7. The highest BCUT2D eigenvalue weighted by atomic mass is 35.5. The van der Waals surface area contributed by atoms with Gasteiger partial charge in [0.1, 0.15) is 17.1 Å². The molecule has 0 saturated carbocycles. The van der Waals surface area contributed by atoms with Gasteiger partial charge in [-0.2, -0.15) is 0 Å². The number of halogens is 2. The number of esters is 1. The van der Waals surface area contributed by atoms with Gasteiger partial charge >= 0.3 is 12.0 Å². The Balaban J connectivity index is 1.61. The molecule has 0 saturated heterocycles. The summed E-state index contributed by atoms with van der Waals surface area (Å²) >= 11 is 6.47. The topological polar surface area (TPSA) is 95.1 Å². The lowest BCUT2D eigenvalue weighted by Crippen LogP contribution is -2.20. The van der Waals surface area contributed by atoms with Crippen LogP contribution < -0.4 is 24.8 Å². The molecule has 4 aromatic carbocycles. The quantitative estimate of drug-likeness (QED) is 0.211. The Labute approximate surface area is 235 Å². The van der Waals surface area contributed by atoms with Gasteiger partial charge < -0.3 is 29.6 Å². The van der Waals surface area contributed by atoms with E-state index in [1.165, 1.54) is 45.6 Å². The SMILES string of the molecule is COC(=O)c1cc(NC(=O)Nc2ccc(OC)c(OC)c2)ccc1OC(c1ccc(F)cc1)c1ccccc1Cl. The average Bonchev–Trinajstić information content (AvgIpc) is 2.97. The van der Waals surface area contributed by atoms with E-state index >= 15 is 0 Å². The van der Waals surface area contributed by atoms with E-state index in [1.54, 1.807) is 60.7 Å². The number of rotatable bonds is 9. The lowest BCUT2D eigenvalue weighted by atomic mass is 10.0. The van der Waals surface area contributed by atoms with Crippen molar-refractivity contribution in [2.75, 3.05) is 32.0 Å². The highest BCUT2D eigenvalue weighted by molar-refractivity contribution is 6.31. The zero-order chi connectivity index (χ0) is 28.6. The van der Waals surface area contributed by atoms with Crippen LogP contribution in [0.4, 0.5) is 20.6 Å². The number of hydrogen-bond donors (Lipinski definition) is 2. The number of urea groups is 1. The summed E-state index contributed by atoms with van der Waals surface area (Å²) in [6.07, 6.45) is -0.773. The van der Waals surface area contributed by atoms with Crippen LogP contribution in [0, 0.1) is 5.82 Å². The average molecular weight is 565 g/mol. The molecule has 0 aliphatic rings. The first-order valence-electron chi connectivity index (χ1n) is 12.0. The molecule has 0 spiro atoms. The molecule has 0 aromatic heterocycles. The molecule has 206 valence electrons. The van der Waals surface area contributed by atoms with Crippen molar-refractivity contribution in [2.45, 2.75) is 6.10 Å². The number of benzene rings is 4. The van der Waals surface area contributed by atoms with Crippen LogP contribution in [0.2, 0.25) is 5.02 Å². The maximum Gasteiger partial charge on any atom is 0.341 e. The largest absolute Gasteiger partial charge is 0.493 e. The van der Waals surface area contributed by atoms with Gasteiger partial charge in [0.15, 0.2) is 17.6 Å². The standard InChI is InChI=1S/C30H26ClFN2O6/c1-37-26-15-13-21(17-27(26)38-2)34-30(36)33-20-12-14-25(23(16-20)29(35)39-3)40-28(18-8-10-19(32)11-9-18)22-6-4-5-7-24(22)31/h4-17,28H,1-3H3,(H2,33,34,36). The van der Waals surface area contributed by atoms with E-state index < -0.39 is 23.9 Å². The third-order valence-corrected chi connectivity index (χ3v) is 6.23. The molecule has 1 unspecified atom stereocenters. The Bertz CT molecular complexity index is 1510. The maximum atomic E-state index is 13.7. The van der Waals surface area contributed by atoms with Gasteiger partial charge in [-0.25, -0.2) is 14.0 Å². The van der Waals surface area contributed by atoms with Crippen molar-refractivity contribution >= 4 is 35.0 Å². The molecule has 0 radical (unpaired) electrons. The summed E-state index contributed by atoms with van der Waals surface area (Å²) in [5.41, 5.74) is 2.06. The summed E-state index contributed by atoms with van der Waals surface area (Å²) in [4.78, 5) is 25.4. The number of ether oxygens (including phenoxy) is 4. The summed E-state index contributed by atoms with van der Waals surface area (Å²) in [6.45, 7) is 0. The van der Waals surface area contributed by atoms with Gasteiger partial charge in [-0.15, -0.1) is 0 Å². The summed E-state index contributed by atoms with van der Waals surface area (Å²) in [7, 11) is 4.24. The monoisotopic (exact) mass is 564 g/mol. The molecule has 0 bridgehead atoms. The molecule has 1 atom stereocenters. The van der Waals surface area contributed by atoms with Gasteiger partial charge in [-0.1, -0.05) is 41.9 Å². The second-order valence-electron chi connectivity index (χ2n) is 8.42. The first kappa shape index (κ1) is 28.3. The minimum Gasteiger partial charge on any atom is -0.493 e. The van der Waals surface area contributed by atoms with E-state index in [9.17, 15) is 14.0 Å². The van der Waals surface area contributed by atoms with Gasteiger partial charge in [-0.05, 0) is 54.1 Å². The zero-order valence-corrected chi connectivity index (χ0v) is 22.6. The lowest BCUT2D eigenvalue weighted by molar-refractivity contribution is 0.0594. The smallest absolute Gasteiger partial charge is 0.341 e. The molecule has 0 heterocycles. The van der Waals surface area contributed by atoms with Gasteiger partial charge in [0.25, 0.3) is 0 Å². The van der Waals surface area contributed by atoms with Crippen LogP contribution in [-0.2, 0) is 4.74 Å². The lowest BCUT2D eigenvalue weighted by Gasteiger charge is -2.23. The highest BCUT2D eigenvalue weighted by Gasteiger charge is 2.23. The predicted octanol–water partition coefficient (Wildman–Crippen LogP) is 7.10. The number of carbonyl (C=O) groups excluding carboxylic acids is 2. The van der Waals surface area contributed by atoms with Crippen molar-refractivity contribution in [1.29, 1.82) is 0 Å². The first-order chi connectivity index (χ1) is 19.3. The summed E-state index contributed by atoms with van der Waals surface area (Å²) in [5, 5.41) is 5.82. The van der Waals surface area contributed by atoms with Crippen molar-refractivity contribution in [2.24, 2.45) is 0 Å². The molecule has 10 heteroatoms. The Morgan fingerprint density at radius 2 is 1.40 bits per heavy atom. The first-order valence-corrected chi connectivity index (χ1v) is 12.4. The van der Waals surface area contributed by atoms with Gasteiger partial charge in [-0.3, -0.25) is 0 Å². The van der Waals surface area contributed by atoms with Crippen molar-refractivity contribution in [3.05, 3.63) is 112 Å². The Kier molecular flexibility index (Phi) is 9.08. The zero-order valence-electron chi connectivity index (χ0n) is 21.9. The van der Waals surface area contributed by atoms with Crippen LogP contribution >= 0.6 is 11.6 Å². The molecule has 8 nitrogen and oxygen atoms in total. The fraction of sp³-hybridized carbons (Fsp3) is 0.133. The van der Waals surface area contributed by atoms with Crippen molar-refractivity contribution < 1.29 is 32.9 Å². The van der Waals surface area contributed by atoms with Crippen LogP contribution in [0.5, 0.6) is 17.2 Å². The van der Waals surface area contributed by atoms with Crippen LogP contribution in [0.25, 0.3) is 0 Å². The normalized spacial score (nSPS) is 11.2. The molecule has 4 rings (SSSR count). The van der Waals surface area contributed by atoms with Crippen LogP contribution in [0.3, 0.4) is 0 Å². The van der Waals surface area contributed by atoms with E-state index in [0.717, 1.165) is 0 Å². The number of anilines is 2.